The fourth-order valence-corrected chi connectivity index (χ4v) is 3.47. The van der Waals surface area contributed by atoms with Crippen LogP contribution in [0, 0.1) is 0 Å². The fourth-order valence-electron chi connectivity index (χ4n) is 3.25. The summed E-state index contributed by atoms with van der Waals surface area (Å²) >= 11 is 6.00. The van der Waals surface area contributed by atoms with Gasteiger partial charge in [0.15, 0.2) is 6.10 Å². The van der Waals surface area contributed by atoms with Gasteiger partial charge >= 0.3 is 5.97 Å². The van der Waals surface area contributed by atoms with Gasteiger partial charge in [-0.1, -0.05) is 48.0 Å². The van der Waals surface area contributed by atoms with Gasteiger partial charge in [0.05, 0.1) is 10.6 Å². The minimum atomic E-state index is -0.938. The number of ether oxygens (including phenoxy) is 1. The van der Waals surface area contributed by atoms with Crippen molar-refractivity contribution in [2.24, 2.45) is 0 Å². The molecule has 1 N–H and O–H groups in total. The maximum absolute atomic E-state index is 12.7. The molecule has 0 aromatic heterocycles. The first kappa shape index (κ1) is 20.9. The molecule has 152 valence electrons. The van der Waals surface area contributed by atoms with E-state index in [4.69, 9.17) is 16.3 Å². The lowest BCUT2D eigenvalue weighted by Crippen LogP contribution is -2.46. The Kier molecular flexibility index (Phi) is 6.54. The molecule has 0 fully saturated rings. The number of fused-ring (bicyclic) bond motifs is 1. The van der Waals surface area contributed by atoms with Crippen LogP contribution in [0.5, 0.6) is 0 Å². The number of benzene rings is 2. The summed E-state index contributed by atoms with van der Waals surface area (Å²) in [6.45, 7) is 4.13. The number of amides is 2. The zero-order chi connectivity index (χ0) is 21.0. The Labute approximate surface area is 174 Å². The van der Waals surface area contributed by atoms with Crippen LogP contribution in [0.25, 0.3) is 0 Å². The van der Waals surface area contributed by atoms with Crippen molar-refractivity contribution < 1.29 is 19.1 Å². The van der Waals surface area contributed by atoms with Crippen molar-refractivity contribution in [3.63, 3.8) is 0 Å². The highest BCUT2D eigenvalue weighted by Crippen LogP contribution is 2.19. The SMILES string of the molecule is CC(NC(=O)c1ccccc1Cl)C(=O)OC(C)C(=O)N1CCc2ccccc2C1. The van der Waals surface area contributed by atoms with Gasteiger partial charge in [-0.3, -0.25) is 9.59 Å². The van der Waals surface area contributed by atoms with Crippen molar-refractivity contribution in [2.45, 2.75) is 39.0 Å². The molecule has 2 atom stereocenters. The maximum Gasteiger partial charge on any atom is 0.329 e. The summed E-state index contributed by atoms with van der Waals surface area (Å²) in [4.78, 5) is 39.0. The lowest BCUT2D eigenvalue weighted by molar-refractivity contribution is -0.160. The molecule has 0 bridgehead atoms. The molecule has 0 spiro atoms. The number of carbonyl (C=O) groups is 3. The number of nitrogens with zero attached hydrogens (tertiary/aromatic N) is 1. The average molecular weight is 415 g/mol. The van der Waals surface area contributed by atoms with E-state index >= 15 is 0 Å². The summed E-state index contributed by atoms with van der Waals surface area (Å²) < 4.78 is 5.30. The van der Waals surface area contributed by atoms with E-state index in [1.807, 2.05) is 18.2 Å². The Hall–Kier alpha value is -2.86. The van der Waals surface area contributed by atoms with E-state index in [9.17, 15) is 14.4 Å². The molecule has 29 heavy (non-hydrogen) atoms. The van der Waals surface area contributed by atoms with E-state index in [0.29, 0.717) is 18.1 Å². The molecule has 7 heteroatoms. The van der Waals surface area contributed by atoms with Crippen molar-refractivity contribution >= 4 is 29.4 Å². The molecule has 6 nitrogen and oxygen atoms in total. The van der Waals surface area contributed by atoms with Crippen molar-refractivity contribution in [2.75, 3.05) is 6.54 Å². The highest BCUT2D eigenvalue weighted by atomic mass is 35.5. The van der Waals surface area contributed by atoms with Crippen molar-refractivity contribution in [3.05, 3.63) is 70.2 Å². The molecule has 1 heterocycles. The van der Waals surface area contributed by atoms with E-state index in [-0.39, 0.29) is 11.5 Å². The normalized spacial score (nSPS) is 15.1. The Morgan fingerprint density at radius 3 is 2.41 bits per heavy atom. The van der Waals surface area contributed by atoms with Gasteiger partial charge in [0, 0.05) is 13.1 Å². The van der Waals surface area contributed by atoms with Crippen molar-refractivity contribution in [1.82, 2.24) is 10.2 Å². The maximum atomic E-state index is 12.7. The highest BCUT2D eigenvalue weighted by Gasteiger charge is 2.29. The van der Waals surface area contributed by atoms with Gasteiger partial charge in [-0.05, 0) is 43.5 Å². The van der Waals surface area contributed by atoms with Crippen LogP contribution in [0.3, 0.4) is 0 Å². The predicted molar refractivity (Wildman–Crippen MR) is 109 cm³/mol. The summed E-state index contributed by atoms with van der Waals surface area (Å²) in [6.07, 6.45) is -0.167. The number of carbonyl (C=O) groups excluding carboxylic acids is 3. The van der Waals surface area contributed by atoms with Gasteiger partial charge in [0.1, 0.15) is 6.04 Å². The minimum Gasteiger partial charge on any atom is -0.451 e. The molecule has 3 rings (SSSR count). The quantitative estimate of drug-likeness (QED) is 0.763. The molecule has 2 amide bonds. The molecule has 1 aliphatic rings. The van der Waals surface area contributed by atoms with E-state index in [1.165, 1.54) is 12.5 Å². The number of halogens is 1. The number of rotatable bonds is 5. The van der Waals surface area contributed by atoms with Gasteiger partial charge in [0.2, 0.25) is 0 Å². The molecular formula is C22H23ClN2O4. The summed E-state index contributed by atoms with van der Waals surface area (Å²) in [6, 6.07) is 13.6. The topological polar surface area (TPSA) is 75.7 Å². The second-order valence-corrected chi connectivity index (χ2v) is 7.44. The monoisotopic (exact) mass is 414 g/mol. The standard InChI is InChI=1S/C22H23ClN2O4/c1-14(24-20(26)18-9-5-6-10-19(18)23)22(28)29-15(2)21(27)25-12-11-16-7-3-4-8-17(16)13-25/h3-10,14-15H,11-13H2,1-2H3,(H,24,26). The lowest BCUT2D eigenvalue weighted by Gasteiger charge is -2.31. The molecule has 2 aromatic carbocycles. The van der Waals surface area contributed by atoms with Crippen LogP contribution in [0.15, 0.2) is 48.5 Å². The highest BCUT2D eigenvalue weighted by molar-refractivity contribution is 6.33. The van der Waals surface area contributed by atoms with Crippen LogP contribution in [-0.4, -0.2) is 41.4 Å². The molecule has 1 aliphatic heterocycles. The first-order valence-corrected chi connectivity index (χ1v) is 9.86. The third kappa shape index (κ3) is 4.95. The molecule has 0 saturated heterocycles. The van der Waals surface area contributed by atoms with Crippen LogP contribution < -0.4 is 5.32 Å². The third-order valence-corrected chi connectivity index (χ3v) is 5.23. The zero-order valence-electron chi connectivity index (χ0n) is 16.4. The van der Waals surface area contributed by atoms with Gasteiger partial charge < -0.3 is 15.0 Å². The van der Waals surface area contributed by atoms with E-state index in [2.05, 4.69) is 11.4 Å². The molecule has 2 aromatic rings. The Balaban J connectivity index is 1.55. The molecule has 0 radical (unpaired) electrons. The lowest BCUT2D eigenvalue weighted by atomic mass is 9.99. The van der Waals surface area contributed by atoms with E-state index in [0.717, 1.165) is 12.0 Å². The Morgan fingerprint density at radius 2 is 1.69 bits per heavy atom. The summed E-state index contributed by atoms with van der Waals surface area (Å²) in [7, 11) is 0. The largest absolute Gasteiger partial charge is 0.451 e. The second-order valence-electron chi connectivity index (χ2n) is 7.03. The van der Waals surface area contributed by atoms with Crippen LogP contribution in [-0.2, 0) is 27.3 Å². The molecule has 2 unspecified atom stereocenters. The smallest absolute Gasteiger partial charge is 0.329 e. The zero-order valence-corrected chi connectivity index (χ0v) is 17.1. The van der Waals surface area contributed by atoms with Crippen molar-refractivity contribution in [1.29, 1.82) is 0 Å². The van der Waals surface area contributed by atoms with Gasteiger partial charge in [-0.15, -0.1) is 0 Å². The predicted octanol–water partition coefficient (Wildman–Crippen LogP) is 2.97. The first-order chi connectivity index (χ1) is 13.9. The third-order valence-electron chi connectivity index (χ3n) is 4.90. The average Bonchev–Trinajstić information content (AvgIpc) is 2.72. The van der Waals surface area contributed by atoms with Gasteiger partial charge in [-0.25, -0.2) is 4.79 Å². The first-order valence-electron chi connectivity index (χ1n) is 9.48. The Morgan fingerprint density at radius 1 is 1.03 bits per heavy atom. The van der Waals surface area contributed by atoms with Crippen LogP contribution in [0.2, 0.25) is 5.02 Å². The summed E-state index contributed by atoms with van der Waals surface area (Å²) in [5, 5.41) is 2.84. The summed E-state index contributed by atoms with van der Waals surface area (Å²) in [5.74, 6) is -1.41. The number of hydrogen-bond acceptors (Lipinski definition) is 4. The number of esters is 1. The van der Waals surface area contributed by atoms with Crippen LogP contribution in [0.1, 0.15) is 35.3 Å². The molecule has 0 saturated carbocycles. The van der Waals surface area contributed by atoms with Gasteiger partial charge in [-0.2, -0.15) is 0 Å². The minimum absolute atomic E-state index is 0.252. The number of nitrogens with one attached hydrogen (secondary N) is 1. The van der Waals surface area contributed by atoms with Crippen LogP contribution in [0.4, 0.5) is 0 Å². The second kappa shape index (κ2) is 9.09. The Bertz CT molecular complexity index is 931. The van der Waals surface area contributed by atoms with Crippen LogP contribution >= 0.6 is 11.6 Å². The fraction of sp³-hybridized carbons (Fsp3) is 0.318. The molecular weight excluding hydrogens is 392 g/mol. The van der Waals surface area contributed by atoms with E-state index in [1.54, 1.807) is 36.1 Å². The summed E-state index contributed by atoms with van der Waals surface area (Å²) in [5.41, 5.74) is 2.60. The molecule has 0 aliphatic carbocycles. The van der Waals surface area contributed by atoms with E-state index < -0.39 is 24.0 Å². The van der Waals surface area contributed by atoms with Crippen molar-refractivity contribution in [3.8, 4) is 0 Å². The number of hydrogen-bond donors (Lipinski definition) is 1. The van der Waals surface area contributed by atoms with Gasteiger partial charge in [0.25, 0.3) is 11.8 Å².